The van der Waals surface area contributed by atoms with E-state index in [2.05, 4.69) is 14.9 Å². The van der Waals surface area contributed by atoms with Gasteiger partial charge in [-0.1, -0.05) is 32.9 Å². The van der Waals surface area contributed by atoms with Gasteiger partial charge < -0.3 is 10.2 Å². The molecule has 3 N–H and O–H groups in total. The average Bonchev–Trinajstić information content (AvgIpc) is 2.57. The van der Waals surface area contributed by atoms with Crippen LogP contribution in [0.2, 0.25) is 0 Å². The number of nitrogens with zero attached hydrogens (tertiary/aromatic N) is 2. The fourth-order valence-electron chi connectivity index (χ4n) is 2.35. The molecule has 26 heavy (non-hydrogen) atoms. The monoisotopic (exact) mass is 377 g/mol. The molecule has 0 aliphatic heterocycles. The highest BCUT2D eigenvalue weighted by molar-refractivity contribution is 7.89. The lowest BCUT2D eigenvalue weighted by molar-refractivity contribution is 0.279. The van der Waals surface area contributed by atoms with Gasteiger partial charge in [-0.3, -0.25) is 4.98 Å². The van der Waals surface area contributed by atoms with E-state index < -0.39 is 10.0 Å². The smallest absolute Gasteiger partial charge is 0.276 e. The van der Waals surface area contributed by atoms with Crippen molar-refractivity contribution in [2.45, 2.75) is 44.6 Å². The van der Waals surface area contributed by atoms with Crippen molar-refractivity contribution in [3.63, 3.8) is 0 Å². The largest absolute Gasteiger partial charge is 0.506 e. The summed E-state index contributed by atoms with van der Waals surface area (Å²) in [6.07, 6.45) is 2.37. The van der Waals surface area contributed by atoms with Gasteiger partial charge in [0.1, 0.15) is 5.75 Å². The van der Waals surface area contributed by atoms with Crippen LogP contribution in [0.15, 0.2) is 40.5 Å². The number of aliphatic hydroxyl groups excluding tert-OH is 1. The highest BCUT2D eigenvalue weighted by Crippen LogP contribution is 2.23. The highest BCUT2D eigenvalue weighted by atomic mass is 32.2. The molecule has 0 atom stereocenters. The molecular weight excluding hydrogens is 354 g/mol. The van der Waals surface area contributed by atoms with Crippen LogP contribution in [-0.2, 0) is 22.0 Å². The van der Waals surface area contributed by atoms with E-state index in [1.807, 2.05) is 20.8 Å². The van der Waals surface area contributed by atoms with Crippen LogP contribution in [0.4, 0.5) is 0 Å². The molecule has 0 aliphatic rings. The Balaban J connectivity index is 2.24. The molecule has 0 saturated heterocycles. The van der Waals surface area contributed by atoms with Crippen LogP contribution in [0, 0.1) is 6.92 Å². The van der Waals surface area contributed by atoms with Crippen LogP contribution >= 0.6 is 0 Å². The molecule has 0 fully saturated rings. The maximum absolute atomic E-state index is 12.3. The summed E-state index contributed by atoms with van der Waals surface area (Å²) in [7, 11) is -3.84. The molecule has 1 aromatic heterocycles. The van der Waals surface area contributed by atoms with Gasteiger partial charge in [-0.15, -0.1) is 0 Å². The molecule has 0 bridgehead atoms. The van der Waals surface area contributed by atoms with Crippen LogP contribution in [0.3, 0.4) is 0 Å². The molecule has 140 valence electrons. The second-order valence-electron chi connectivity index (χ2n) is 6.91. The van der Waals surface area contributed by atoms with Crippen molar-refractivity contribution >= 4 is 16.2 Å². The Kier molecular flexibility index (Phi) is 5.68. The fourth-order valence-corrected chi connectivity index (χ4v) is 3.14. The van der Waals surface area contributed by atoms with Gasteiger partial charge in [0, 0.05) is 16.8 Å². The number of hydrazone groups is 1. The van der Waals surface area contributed by atoms with Gasteiger partial charge in [-0.05, 0) is 30.0 Å². The van der Waals surface area contributed by atoms with Gasteiger partial charge in [-0.2, -0.15) is 13.5 Å². The standard InChI is InChI=1S/C18H23N3O4S/c1-12-16(11-22)15(17(23)10-19-12)9-20-21-26(24,25)14-7-5-13(6-8-14)18(2,3)4/h5-10,21-23H,11H2,1-4H3/b20-9+. The van der Waals surface area contributed by atoms with Crippen molar-refractivity contribution in [2.24, 2.45) is 5.10 Å². The number of sulfonamides is 1. The minimum absolute atomic E-state index is 0.0781. The van der Waals surface area contributed by atoms with Gasteiger partial charge in [0.25, 0.3) is 10.0 Å². The molecule has 0 spiro atoms. The van der Waals surface area contributed by atoms with E-state index >= 15 is 0 Å². The zero-order chi connectivity index (χ0) is 19.5. The molecule has 1 aromatic carbocycles. The fraction of sp³-hybridized carbons (Fsp3) is 0.333. The quantitative estimate of drug-likeness (QED) is 0.546. The van der Waals surface area contributed by atoms with Gasteiger partial charge in [0.05, 0.1) is 23.9 Å². The SMILES string of the molecule is Cc1ncc(O)c(/C=N/NS(=O)(=O)c2ccc(C(C)(C)C)cc2)c1CO. The number of nitrogens with one attached hydrogen (secondary N) is 1. The molecule has 0 saturated carbocycles. The molecular formula is C18H23N3O4S. The van der Waals surface area contributed by atoms with Gasteiger partial charge in [-0.25, -0.2) is 4.83 Å². The molecule has 2 aromatic rings. The number of pyridine rings is 1. The summed E-state index contributed by atoms with van der Waals surface area (Å²) >= 11 is 0. The van der Waals surface area contributed by atoms with Crippen LogP contribution in [0.5, 0.6) is 5.75 Å². The van der Waals surface area contributed by atoms with Gasteiger partial charge in [0.2, 0.25) is 0 Å². The first-order valence-electron chi connectivity index (χ1n) is 8.00. The molecule has 7 nitrogen and oxygen atoms in total. The number of aromatic hydroxyl groups is 1. The van der Waals surface area contributed by atoms with E-state index in [0.29, 0.717) is 11.3 Å². The zero-order valence-electron chi connectivity index (χ0n) is 15.2. The molecule has 0 aliphatic carbocycles. The number of hydrogen-bond donors (Lipinski definition) is 3. The molecule has 0 amide bonds. The summed E-state index contributed by atoms with van der Waals surface area (Å²) in [6.45, 7) is 7.45. The van der Waals surface area contributed by atoms with Crippen LogP contribution in [0.25, 0.3) is 0 Å². The number of aryl methyl sites for hydroxylation is 1. The molecule has 1 heterocycles. The second kappa shape index (κ2) is 7.43. The Hall–Kier alpha value is -2.45. The van der Waals surface area contributed by atoms with Crippen molar-refractivity contribution < 1.29 is 18.6 Å². The first kappa shape index (κ1) is 19.9. The topological polar surface area (TPSA) is 112 Å². The lowest BCUT2D eigenvalue weighted by Crippen LogP contribution is -2.19. The van der Waals surface area contributed by atoms with Crippen LogP contribution in [-0.4, -0.2) is 29.8 Å². The zero-order valence-corrected chi connectivity index (χ0v) is 16.0. The molecule has 8 heteroatoms. The minimum Gasteiger partial charge on any atom is -0.506 e. The number of rotatable bonds is 5. The number of aliphatic hydroxyl groups is 1. The number of hydrogen-bond acceptors (Lipinski definition) is 6. The summed E-state index contributed by atoms with van der Waals surface area (Å²) in [4.78, 5) is 6.12. The number of aromatic nitrogens is 1. The lowest BCUT2D eigenvalue weighted by atomic mass is 9.87. The first-order chi connectivity index (χ1) is 12.1. The maximum atomic E-state index is 12.3. The second-order valence-corrected chi connectivity index (χ2v) is 8.57. The Morgan fingerprint density at radius 1 is 1.23 bits per heavy atom. The molecule has 0 radical (unpaired) electrons. The summed E-state index contributed by atoms with van der Waals surface area (Å²) in [6, 6.07) is 6.57. The highest BCUT2D eigenvalue weighted by Gasteiger charge is 2.17. The maximum Gasteiger partial charge on any atom is 0.276 e. The average molecular weight is 377 g/mol. The van der Waals surface area contributed by atoms with E-state index in [1.165, 1.54) is 18.3 Å². The summed E-state index contributed by atoms with van der Waals surface area (Å²) in [5.74, 6) is -0.197. The summed E-state index contributed by atoms with van der Waals surface area (Å²) in [5.41, 5.74) is 2.05. The Morgan fingerprint density at radius 3 is 2.38 bits per heavy atom. The summed E-state index contributed by atoms with van der Waals surface area (Å²) < 4.78 is 24.7. The summed E-state index contributed by atoms with van der Waals surface area (Å²) in [5, 5.41) is 23.0. The van der Waals surface area contributed by atoms with Gasteiger partial charge >= 0.3 is 0 Å². The molecule has 2 rings (SSSR count). The van der Waals surface area contributed by atoms with Crippen molar-refractivity contribution in [1.29, 1.82) is 0 Å². The minimum atomic E-state index is -3.84. The first-order valence-corrected chi connectivity index (χ1v) is 9.48. The van der Waals surface area contributed by atoms with E-state index in [-0.39, 0.29) is 28.2 Å². The predicted octanol–water partition coefficient (Wildman–Crippen LogP) is 2.20. The normalized spacial score (nSPS) is 12.5. The third-order valence-electron chi connectivity index (χ3n) is 3.97. The predicted molar refractivity (Wildman–Crippen MR) is 99.6 cm³/mol. The van der Waals surface area contributed by atoms with E-state index in [4.69, 9.17) is 0 Å². The van der Waals surface area contributed by atoms with Crippen LogP contribution < -0.4 is 4.83 Å². The molecule has 0 unspecified atom stereocenters. The van der Waals surface area contributed by atoms with E-state index in [0.717, 1.165) is 11.8 Å². The third-order valence-corrected chi connectivity index (χ3v) is 5.21. The third kappa shape index (κ3) is 4.39. The van der Waals surface area contributed by atoms with E-state index in [1.54, 1.807) is 19.1 Å². The van der Waals surface area contributed by atoms with Crippen molar-refractivity contribution in [1.82, 2.24) is 9.82 Å². The van der Waals surface area contributed by atoms with Crippen molar-refractivity contribution in [3.8, 4) is 5.75 Å². The lowest BCUT2D eigenvalue weighted by Gasteiger charge is -2.19. The Bertz CT molecular complexity index is 915. The number of benzene rings is 1. The van der Waals surface area contributed by atoms with E-state index in [9.17, 15) is 18.6 Å². The van der Waals surface area contributed by atoms with Crippen LogP contribution in [0.1, 0.15) is 43.2 Å². The van der Waals surface area contributed by atoms with Crippen molar-refractivity contribution in [2.75, 3.05) is 0 Å². The Labute approximate surface area is 153 Å². The van der Waals surface area contributed by atoms with Crippen molar-refractivity contribution in [3.05, 3.63) is 52.8 Å². The van der Waals surface area contributed by atoms with Gasteiger partial charge in [0.15, 0.2) is 0 Å². The Morgan fingerprint density at radius 2 is 1.85 bits per heavy atom.